The lowest BCUT2D eigenvalue weighted by Crippen LogP contribution is -2.48. The summed E-state index contributed by atoms with van der Waals surface area (Å²) in [4.78, 5) is 24.0. The standard InChI is InChI=1S/C13H18O4/c1-5-8-16-10(15)13-7-6-12(4,9(14)17-13)11(13,2)3/h5H,1,6-8H2,2-4H3. The molecule has 1 saturated heterocycles. The van der Waals surface area contributed by atoms with Crippen molar-refractivity contribution in [2.24, 2.45) is 10.8 Å². The minimum absolute atomic E-state index is 0.144. The highest BCUT2D eigenvalue weighted by Gasteiger charge is 2.76. The van der Waals surface area contributed by atoms with Crippen LogP contribution in [0.2, 0.25) is 0 Å². The van der Waals surface area contributed by atoms with Crippen molar-refractivity contribution in [3.8, 4) is 0 Å². The minimum atomic E-state index is -1.11. The van der Waals surface area contributed by atoms with E-state index in [1.165, 1.54) is 6.08 Å². The molecule has 0 aromatic rings. The van der Waals surface area contributed by atoms with E-state index >= 15 is 0 Å². The highest BCUT2D eigenvalue weighted by molar-refractivity contribution is 5.93. The van der Waals surface area contributed by atoms with Crippen LogP contribution in [0.4, 0.5) is 0 Å². The molecule has 0 N–H and O–H groups in total. The second kappa shape index (κ2) is 3.34. The zero-order chi connectivity index (χ0) is 12.9. The first-order valence-electron chi connectivity index (χ1n) is 5.83. The van der Waals surface area contributed by atoms with E-state index in [0.717, 1.165) is 0 Å². The third-order valence-corrected chi connectivity index (χ3v) is 4.75. The first-order valence-corrected chi connectivity index (χ1v) is 5.83. The monoisotopic (exact) mass is 238 g/mol. The van der Waals surface area contributed by atoms with E-state index in [2.05, 4.69) is 6.58 Å². The Kier molecular flexibility index (Phi) is 2.39. The van der Waals surface area contributed by atoms with Gasteiger partial charge in [-0.15, -0.1) is 0 Å². The molecule has 0 radical (unpaired) electrons. The molecular weight excluding hydrogens is 220 g/mol. The van der Waals surface area contributed by atoms with Gasteiger partial charge in [0.25, 0.3) is 0 Å². The van der Waals surface area contributed by atoms with Crippen molar-refractivity contribution in [1.82, 2.24) is 0 Å². The summed E-state index contributed by atoms with van der Waals surface area (Å²) in [6.07, 6.45) is 2.71. The van der Waals surface area contributed by atoms with Crippen LogP contribution in [-0.4, -0.2) is 24.1 Å². The Morgan fingerprint density at radius 3 is 2.53 bits per heavy atom. The van der Waals surface area contributed by atoms with Crippen LogP contribution in [0.1, 0.15) is 33.6 Å². The van der Waals surface area contributed by atoms with Gasteiger partial charge < -0.3 is 9.47 Å². The van der Waals surface area contributed by atoms with Crippen molar-refractivity contribution in [1.29, 1.82) is 0 Å². The van der Waals surface area contributed by atoms with Crippen molar-refractivity contribution < 1.29 is 19.1 Å². The SMILES string of the molecule is C=CCOC(=O)C12CCC(C)(C(=O)O1)C2(C)C. The van der Waals surface area contributed by atoms with Gasteiger partial charge in [-0.25, -0.2) is 4.79 Å². The predicted octanol–water partition coefficient (Wildman–Crippen LogP) is 1.84. The number of carbonyl (C=O) groups is 2. The van der Waals surface area contributed by atoms with E-state index in [4.69, 9.17) is 9.47 Å². The van der Waals surface area contributed by atoms with Crippen LogP contribution in [-0.2, 0) is 19.1 Å². The van der Waals surface area contributed by atoms with Crippen LogP contribution < -0.4 is 0 Å². The van der Waals surface area contributed by atoms with Gasteiger partial charge in [0, 0.05) is 5.41 Å². The van der Waals surface area contributed by atoms with E-state index in [9.17, 15) is 9.59 Å². The fourth-order valence-corrected chi connectivity index (χ4v) is 2.95. The highest BCUT2D eigenvalue weighted by Crippen LogP contribution is 2.65. The number of ether oxygens (including phenoxy) is 2. The Morgan fingerprint density at radius 2 is 2.12 bits per heavy atom. The average molecular weight is 238 g/mol. The smallest absolute Gasteiger partial charge is 0.351 e. The Hall–Kier alpha value is -1.32. The number of hydrogen-bond donors (Lipinski definition) is 0. The highest BCUT2D eigenvalue weighted by atomic mass is 16.6. The molecule has 0 aromatic carbocycles. The maximum absolute atomic E-state index is 12.1. The van der Waals surface area contributed by atoms with E-state index in [1.54, 1.807) is 0 Å². The van der Waals surface area contributed by atoms with Gasteiger partial charge in [0.2, 0.25) is 5.60 Å². The molecule has 2 rings (SSSR count). The summed E-state index contributed by atoms with van der Waals surface area (Å²) in [5, 5.41) is 0. The topological polar surface area (TPSA) is 52.6 Å². The largest absolute Gasteiger partial charge is 0.458 e. The molecule has 17 heavy (non-hydrogen) atoms. The molecule has 2 fully saturated rings. The zero-order valence-electron chi connectivity index (χ0n) is 10.5. The minimum Gasteiger partial charge on any atom is -0.458 e. The maximum atomic E-state index is 12.1. The zero-order valence-corrected chi connectivity index (χ0v) is 10.5. The molecular formula is C13H18O4. The van der Waals surface area contributed by atoms with Gasteiger partial charge in [0.1, 0.15) is 6.61 Å². The summed E-state index contributed by atoms with van der Waals surface area (Å²) in [7, 11) is 0. The summed E-state index contributed by atoms with van der Waals surface area (Å²) in [6, 6.07) is 0. The number of rotatable bonds is 3. The summed E-state index contributed by atoms with van der Waals surface area (Å²) in [5.74, 6) is -0.735. The fraction of sp³-hybridized carbons (Fsp3) is 0.692. The number of fused-ring (bicyclic) bond motifs is 2. The molecule has 1 saturated carbocycles. The molecule has 0 aromatic heterocycles. The van der Waals surface area contributed by atoms with Gasteiger partial charge in [0.05, 0.1) is 5.41 Å². The van der Waals surface area contributed by atoms with Crippen LogP contribution >= 0.6 is 0 Å². The summed E-state index contributed by atoms with van der Waals surface area (Å²) in [6.45, 7) is 9.31. The molecule has 2 unspecified atom stereocenters. The van der Waals surface area contributed by atoms with E-state index in [1.807, 2.05) is 20.8 Å². The molecule has 94 valence electrons. The van der Waals surface area contributed by atoms with Crippen molar-refractivity contribution >= 4 is 11.9 Å². The van der Waals surface area contributed by atoms with Crippen molar-refractivity contribution in [2.75, 3.05) is 6.61 Å². The van der Waals surface area contributed by atoms with Gasteiger partial charge in [0.15, 0.2) is 0 Å². The van der Waals surface area contributed by atoms with Gasteiger partial charge in [-0.05, 0) is 19.8 Å². The summed E-state index contributed by atoms with van der Waals surface area (Å²) >= 11 is 0. The Labute approximate surface area is 101 Å². The Bertz CT molecular complexity index is 398. The van der Waals surface area contributed by atoms with Crippen molar-refractivity contribution in [2.45, 2.75) is 39.2 Å². The second-order valence-electron chi connectivity index (χ2n) is 5.56. The van der Waals surface area contributed by atoms with E-state index < -0.39 is 22.4 Å². The molecule has 4 nitrogen and oxygen atoms in total. The van der Waals surface area contributed by atoms with Crippen LogP contribution in [0.15, 0.2) is 12.7 Å². The van der Waals surface area contributed by atoms with Crippen LogP contribution in [0.5, 0.6) is 0 Å². The lowest BCUT2D eigenvalue weighted by molar-refractivity contribution is -0.182. The Morgan fingerprint density at radius 1 is 1.47 bits per heavy atom. The van der Waals surface area contributed by atoms with E-state index in [0.29, 0.717) is 12.8 Å². The molecule has 1 heterocycles. The van der Waals surface area contributed by atoms with Crippen LogP contribution in [0.3, 0.4) is 0 Å². The molecule has 2 atom stereocenters. The molecule has 0 amide bonds. The van der Waals surface area contributed by atoms with Gasteiger partial charge in [-0.2, -0.15) is 0 Å². The molecule has 2 aliphatic rings. The maximum Gasteiger partial charge on any atom is 0.351 e. The quantitative estimate of drug-likeness (QED) is 0.556. The lowest BCUT2D eigenvalue weighted by atomic mass is 9.66. The van der Waals surface area contributed by atoms with Gasteiger partial charge in [-0.3, -0.25) is 4.79 Å². The molecule has 1 aliphatic carbocycles. The third kappa shape index (κ3) is 1.18. The summed E-state index contributed by atoms with van der Waals surface area (Å²) < 4.78 is 10.5. The predicted molar refractivity (Wildman–Crippen MR) is 61.1 cm³/mol. The van der Waals surface area contributed by atoms with Crippen LogP contribution in [0, 0.1) is 10.8 Å². The van der Waals surface area contributed by atoms with Crippen molar-refractivity contribution in [3.05, 3.63) is 12.7 Å². The first kappa shape index (κ1) is 12.1. The van der Waals surface area contributed by atoms with Gasteiger partial charge in [-0.1, -0.05) is 26.5 Å². The molecule has 0 spiro atoms. The van der Waals surface area contributed by atoms with Crippen molar-refractivity contribution in [3.63, 3.8) is 0 Å². The lowest BCUT2D eigenvalue weighted by Gasteiger charge is -2.34. The number of carbonyl (C=O) groups excluding carboxylic acids is 2. The number of esters is 2. The first-order chi connectivity index (χ1) is 7.82. The van der Waals surface area contributed by atoms with Gasteiger partial charge >= 0.3 is 11.9 Å². The average Bonchev–Trinajstić information content (AvgIpc) is 2.56. The molecule has 1 aliphatic heterocycles. The number of hydrogen-bond acceptors (Lipinski definition) is 4. The molecule has 4 heteroatoms. The van der Waals surface area contributed by atoms with Crippen LogP contribution in [0.25, 0.3) is 0 Å². The van der Waals surface area contributed by atoms with E-state index in [-0.39, 0.29) is 12.6 Å². The summed E-state index contributed by atoms with van der Waals surface area (Å²) in [5.41, 5.74) is -2.22. The Balaban J connectivity index is 2.36. The second-order valence-corrected chi connectivity index (χ2v) is 5.56. The normalized spacial score (nSPS) is 37.7. The molecule has 2 bridgehead atoms. The third-order valence-electron chi connectivity index (χ3n) is 4.75. The fourth-order valence-electron chi connectivity index (χ4n) is 2.95.